The monoisotopic (exact) mass is 456 g/mol. The molecule has 3 aromatic rings. The average molecular weight is 457 g/mol. The molecule has 0 aliphatic rings. The Morgan fingerprint density at radius 3 is 2.42 bits per heavy atom. The summed E-state index contributed by atoms with van der Waals surface area (Å²) < 4.78 is 1.81. The largest absolute Gasteiger partial charge is 0.326 e. The molecule has 1 unspecified atom stereocenters. The highest BCUT2D eigenvalue weighted by Crippen LogP contribution is 2.28. The molecule has 1 heterocycles. The molecule has 0 saturated carbocycles. The van der Waals surface area contributed by atoms with Gasteiger partial charge >= 0.3 is 0 Å². The van der Waals surface area contributed by atoms with Crippen molar-refractivity contribution in [2.45, 2.75) is 45.0 Å². The number of amides is 1. The molecule has 1 atom stereocenters. The highest BCUT2D eigenvalue weighted by Gasteiger charge is 2.22. The van der Waals surface area contributed by atoms with E-state index in [0.29, 0.717) is 21.4 Å². The zero-order valence-electron chi connectivity index (χ0n) is 18.1. The molecule has 0 saturated heterocycles. The first-order valence-electron chi connectivity index (χ1n) is 9.85. The molecule has 0 aliphatic carbocycles. The molecule has 2 aromatic carbocycles. The van der Waals surface area contributed by atoms with Gasteiger partial charge in [-0.2, -0.15) is 0 Å². The molecule has 0 bridgehead atoms. The number of nitrogens with one attached hydrogen (secondary N) is 1. The van der Waals surface area contributed by atoms with Gasteiger partial charge in [0, 0.05) is 21.7 Å². The fraction of sp³-hybridized carbons (Fsp3) is 0.304. The Morgan fingerprint density at radius 2 is 1.81 bits per heavy atom. The van der Waals surface area contributed by atoms with Gasteiger partial charge in [0.1, 0.15) is 6.33 Å². The van der Waals surface area contributed by atoms with Gasteiger partial charge in [-0.25, -0.2) is 0 Å². The van der Waals surface area contributed by atoms with E-state index < -0.39 is 5.41 Å². The molecule has 162 valence electrons. The summed E-state index contributed by atoms with van der Waals surface area (Å²) in [6.45, 7) is 9.32. The minimum absolute atomic E-state index is 0.0322. The molecule has 0 radical (unpaired) electrons. The third-order valence-corrected chi connectivity index (χ3v) is 6.17. The summed E-state index contributed by atoms with van der Waals surface area (Å²) in [4.78, 5) is 25.0. The number of anilines is 1. The average Bonchev–Trinajstić information content (AvgIpc) is 3.17. The number of rotatable bonds is 6. The lowest BCUT2D eigenvalue weighted by Gasteiger charge is -2.18. The normalized spacial score (nSPS) is 12.5. The van der Waals surface area contributed by atoms with Crippen LogP contribution < -0.4 is 5.32 Å². The number of aromatic nitrogens is 3. The summed E-state index contributed by atoms with van der Waals surface area (Å²) in [7, 11) is 0. The van der Waals surface area contributed by atoms with E-state index in [0.717, 1.165) is 11.3 Å². The number of thioether (sulfide) groups is 1. The van der Waals surface area contributed by atoms with Gasteiger partial charge in [-0.1, -0.05) is 50.2 Å². The minimum atomic E-state index is -0.489. The van der Waals surface area contributed by atoms with E-state index in [2.05, 4.69) is 15.5 Å². The van der Waals surface area contributed by atoms with E-state index in [4.69, 9.17) is 11.6 Å². The third kappa shape index (κ3) is 5.54. The second-order valence-corrected chi connectivity index (χ2v) is 10.0. The number of carbonyl (C=O) groups excluding carboxylic acids is 2. The van der Waals surface area contributed by atoms with Gasteiger partial charge in [0.25, 0.3) is 0 Å². The fourth-order valence-electron chi connectivity index (χ4n) is 2.70. The van der Waals surface area contributed by atoms with Gasteiger partial charge < -0.3 is 5.32 Å². The van der Waals surface area contributed by atoms with Crippen LogP contribution in [-0.2, 0) is 4.79 Å². The van der Waals surface area contributed by atoms with Crippen molar-refractivity contribution in [3.8, 4) is 5.69 Å². The van der Waals surface area contributed by atoms with Gasteiger partial charge in [-0.3, -0.25) is 14.2 Å². The lowest BCUT2D eigenvalue weighted by Crippen LogP contribution is -2.27. The quantitative estimate of drug-likeness (QED) is 0.387. The smallest absolute Gasteiger partial charge is 0.229 e. The van der Waals surface area contributed by atoms with Gasteiger partial charge in [0.15, 0.2) is 10.9 Å². The SMILES string of the molecule is Cc1ccc(-n2cnnc2SC(C)C(=O)c2ccc(NC(=O)C(C)(C)C)cc2)cc1Cl. The molecule has 6 nitrogen and oxygen atoms in total. The number of carbonyl (C=O) groups is 2. The first-order chi connectivity index (χ1) is 14.6. The molecule has 0 aliphatic heterocycles. The molecule has 3 rings (SSSR count). The summed E-state index contributed by atoms with van der Waals surface area (Å²) in [6.07, 6.45) is 1.60. The van der Waals surface area contributed by atoms with Crippen LogP contribution in [0.3, 0.4) is 0 Å². The zero-order valence-corrected chi connectivity index (χ0v) is 19.7. The van der Waals surface area contributed by atoms with Crippen LogP contribution in [-0.4, -0.2) is 31.7 Å². The number of hydrogen-bond acceptors (Lipinski definition) is 5. The van der Waals surface area contributed by atoms with Crippen molar-refractivity contribution in [2.24, 2.45) is 5.41 Å². The highest BCUT2D eigenvalue weighted by molar-refractivity contribution is 8.00. The molecule has 1 amide bonds. The molecular weight excluding hydrogens is 432 g/mol. The predicted molar refractivity (Wildman–Crippen MR) is 125 cm³/mol. The van der Waals surface area contributed by atoms with Gasteiger partial charge in [0.05, 0.1) is 10.9 Å². The maximum absolute atomic E-state index is 12.9. The van der Waals surface area contributed by atoms with E-state index in [1.165, 1.54) is 11.8 Å². The van der Waals surface area contributed by atoms with Crippen molar-refractivity contribution in [1.29, 1.82) is 0 Å². The number of aryl methyl sites for hydroxylation is 1. The van der Waals surface area contributed by atoms with E-state index in [1.54, 1.807) is 30.6 Å². The van der Waals surface area contributed by atoms with Crippen LogP contribution in [0.15, 0.2) is 53.9 Å². The number of hydrogen-bond donors (Lipinski definition) is 1. The molecule has 31 heavy (non-hydrogen) atoms. The maximum atomic E-state index is 12.9. The molecule has 8 heteroatoms. The Labute approximate surface area is 191 Å². The van der Waals surface area contributed by atoms with Gasteiger partial charge in [-0.05, 0) is 55.8 Å². The Bertz CT molecular complexity index is 1100. The Hall–Kier alpha value is -2.64. The fourth-order valence-corrected chi connectivity index (χ4v) is 3.79. The van der Waals surface area contributed by atoms with E-state index >= 15 is 0 Å². The summed E-state index contributed by atoms with van der Waals surface area (Å²) in [5.74, 6) is -0.110. The molecule has 1 N–H and O–H groups in total. The van der Waals surface area contributed by atoms with Gasteiger partial charge in [-0.15, -0.1) is 10.2 Å². The topological polar surface area (TPSA) is 76.9 Å². The summed E-state index contributed by atoms with van der Waals surface area (Å²) in [6, 6.07) is 12.6. The zero-order chi connectivity index (χ0) is 22.8. The van der Waals surface area contributed by atoms with Crippen molar-refractivity contribution in [3.63, 3.8) is 0 Å². The number of benzene rings is 2. The van der Waals surface area contributed by atoms with Crippen LogP contribution in [0.25, 0.3) is 5.69 Å². The van der Waals surface area contributed by atoms with Crippen molar-refractivity contribution in [2.75, 3.05) is 5.32 Å². The lowest BCUT2D eigenvalue weighted by molar-refractivity contribution is -0.123. The van der Waals surface area contributed by atoms with Crippen LogP contribution in [0.1, 0.15) is 43.6 Å². The summed E-state index contributed by atoms with van der Waals surface area (Å²) in [5.41, 5.74) is 2.56. The Kier molecular flexibility index (Phi) is 6.86. The first-order valence-corrected chi connectivity index (χ1v) is 11.1. The molecule has 1 aromatic heterocycles. The number of Topliss-reactive ketones (excluding diaryl/α,β-unsaturated/α-hetero) is 1. The molecular formula is C23H25ClN4O2S. The Balaban J connectivity index is 1.71. The lowest BCUT2D eigenvalue weighted by atomic mass is 9.95. The van der Waals surface area contributed by atoms with Crippen molar-refractivity contribution < 1.29 is 9.59 Å². The number of nitrogens with zero attached hydrogens (tertiary/aromatic N) is 3. The highest BCUT2D eigenvalue weighted by atomic mass is 35.5. The maximum Gasteiger partial charge on any atom is 0.229 e. The van der Waals surface area contributed by atoms with Crippen LogP contribution in [0.5, 0.6) is 0 Å². The first kappa shape index (κ1) is 23.0. The molecule has 0 fully saturated rings. The number of ketones is 1. The predicted octanol–water partition coefficient (Wildman–Crippen LogP) is 5.58. The van der Waals surface area contributed by atoms with Crippen molar-refractivity contribution in [3.05, 3.63) is 64.9 Å². The van der Waals surface area contributed by atoms with Crippen LogP contribution in [0, 0.1) is 12.3 Å². The Morgan fingerprint density at radius 1 is 1.13 bits per heavy atom. The third-order valence-electron chi connectivity index (χ3n) is 4.71. The van der Waals surface area contributed by atoms with Crippen molar-refractivity contribution in [1.82, 2.24) is 14.8 Å². The van der Waals surface area contributed by atoms with Crippen LogP contribution in [0.2, 0.25) is 5.02 Å². The van der Waals surface area contributed by atoms with E-state index in [1.807, 2.05) is 57.4 Å². The second-order valence-electron chi connectivity index (χ2n) is 8.32. The van der Waals surface area contributed by atoms with Crippen LogP contribution >= 0.6 is 23.4 Å². The summed E-state index contributed by atoms with van der Waals surface area (Å²) in [5, 5.41) is 11.9. The van der Waals surface area contributed by atoms with Crippen molar-refractivity contribution >= 4 is 40.7 Å². The second kappa shape index (κ2) is 9.24. The molecule has 0 spiro atoms. The van der Waals surface area contributed by atoms with E-state index in [9.17, 15) is 9.59 Å². The summed E-state index contributed by atoms with van der Waals surface area (Å²) >= 11 is 7.58. The van der Waals surface area contributed by atoms with E-state index in [-0.39, 0.29) is 16.9 Å². The van der Waals surface area contributed by atoms with Gasteiger partial charge in [0.2, 0.25) is 5.91 Å². The van der Waals surface area contributed by atoms with Crippen LogP contribution in [0.4, 0.5) is 5.69 Å². The minimum Gasteiger partial charge on any atom is -0.326 e. The number of halogens is 1. The standard InChI is InChI=1S/C23H25ClN4O2S/c1-14-6-11-18(12-19(14)24)28-13-25-27-22(28)31-15(2)20(29)16-7-9-17(10-8-16)26-21(30)23(3,4)5/h6-13,15H,1-5H3,(H,26,30).